The van der Waals surface area contributed by atoms with E-state index in [0.29, 0.717) is 25.5 Å². The molecule has 1 amide bonds. The summed E-state index contributed by atoms with van der Waals surface area (Å²) in [5.74, 6) is 0.207. The number of rotatable bonds is 7. The fraction of sp³-hybridized carbons (Fsp3) is 0.750. The van der Waals surface area contributed by atoms with Crippen LogP contribution in [-0.2, 0) is 16.1 Å². The SMILES string of the molecule is CCOC1CC(N)(C(=O)NCC(C)Cn2cccn2)C1(C)C.Cl. The average Bonchev–Trinajstić information content (AvgIpc) is 2.97. The molecule has 132 valence electrons. The average molecular weight is 345 g/mol. The molecule has 1 aliphatic rings. The van der Waals surface area contributed by atoms with Crippen LogP contribution in [0.3, 0.4) is 0 Å². The van der Waals surface area contributed by atoms with Gasteiger partial charge in [0.05, 0.1) is 6.10 Å². The summed E-state index contributed by atoms with van der Waals surface area (Å²) < 4.78 is 7.53. The molecule has 0 radical (unpaired) electrons. The van der Waals surface area contributed by atoms with Gasteiger partial charge < -0.3 is 15.8 Å². The van der Waals surface area contributed by atoms with Gasteiger partial charge in [0, 0.05) is 43.9 Å². The molecule has 1 aliphatic carbocycles. The molecule has 23 heavy (non-hydrogen) atoms. The van der Waals surface area contributed by atoms with Gasteiger partial charge in [-0.25, -0.2) is 0 Å². The van der Waals surface area contributed by atoms with Gasteiger partial charge in [-0.1, -0.05) is 20.8 Å². The van der Waals surface area contributed by atoms with Crippen LogP contribution < -0.4 is 11.1 Å². The van der Waals surface area contributed by atoms with E-state index >= 15 is 0 Å². The predicted molar refractivity (Wildman–Crippen MR) is 92.4 cm³/mol. The van der Waals surface area contributed by atoms with E-state index in [0.717, 1.165) is 6.54 Å². The molecule has 0 saturated heterocycles. The molecule has 3 atom stereocenters. The van der Waals surface area contributed by atoms with Crippen molar-refractivity contribution >= 4 is 18.3 Å². The summed E-state index contributed by atoms with van der Waals surface area (Å²) in [5.41, 5.74) is 5.16. The van der Waals surface area contributed by atoms with Crippen LogP contribution in [0, 0.1) is 11.3 Å². The Bertz CT molecular complexity index is 506. The van der Waals surface area contributed by atoms with Gasteiger partial charge in [0.25, 0.3) is 0 Å². The number of ether oxygens (including phenoxy) is 1. The van der Waals surface area contributed by atoms with Crippen LogP contribution >= 0.6 is 12.4 Å². The van der Waals surface area contributed by atoms with E-state index in [-0.39, 0.29) is 29.8 Å². The summed E-state index contributed by atoms with van der Waals surface area (Å²) in [7, 11) is 0. The van der Waals surface area contributed by atoms with Gasteiger partial charge >= 0.3 is 0 Å². The van der Waals surface area contributed by atoms with Crippen molar-refractivity contribution in [2.24, 2.45) is 17.1 Å². The van der Waals surface area contributed by atoms with E-state index in [9.17, 15) is 4.79 Å². The van der Waals surface area contributed by atoms with Crippen LogP contribution in [0.1, 0.15) is 34.1 Å². The maximum atomic E-state index is 12.5. The third kappa shape index (κ3) is 3.87. The Morgan fingerprint density at radius 3 is 2.78 bits per heavy atom. The third-order valence-corrected chi connectivity index (χ3v) is 4.90. The summed E-state index contributed by atoms with van der Waals surface area (Å²) in [6.07, 6.45) is 4.30. The minimum absolute atomic E-state index is 0. The minimum atomic E-state index is -0.849. The van der Waals surface area contributed by atoms with E-state index < -0.39 is 5.54 Å². The van der Waals surface area contributed by atoms with Crippen molar-refractivity contribution in [3.63, 3.8) is 0 Å². The zero-order valence-electron chi connectivity index (χ0n) is 14.4. The number of nitrogens with zero attached hydrogens (tertiary/aromatic N) is 2. The number of carbonyl (C=O) groups is 1. The van der Waals surface area contributed by atoms with E-state index in [4.69, 9.17) is 10.5 Å². The maximum absolute atomic E-state index is 12.5. The molecule has 0 aromatic carbocycles. The van der Waals surface area contributed by atoms with Gasteiger partial charge in [0.15, 0.2) is 0 Å². The van der Waals surface area contributed by atoms with Crippen LogP contribution in [0.25, 0.3) is 0 Å². The van der Waals surface area contributed by atoms with Crippen LogP contribution in [0.2, 0.25) is 0 Å². The lowest BCUT2D eigenvalue weighted by Crippen LogP contribution is -2.75. The van der Waals surface area contributed by atoms with Gasteiger partial charge in [-0.3, -0.25) is 9.48 Å². The zero-order chi connectivity index (χ0) is 16.4. The summed E-state index contributed by atoms with van der Waals surface area (Å²) in [4.78, 5) is 12.5. The van der Waals surface area contributed by atoms with Crippen molar-refractivity contribution in [3.8, 4) is 0 Å². The van der Waals surface area contributed by atoms with Crippen molar-refractivity contribution in [2.75, 3.05) is 13.2 Å². The predicted octanol–water partition coefficient (Wildman–Crippen LogP) is 1.59. The lowest BCUT2D eigenvalue weighted by atomic mass is 9.54. The first-order valence-corrected chi connectivity index (χ1v) is 7.97. The van der Waals surface area contributed by atoms with Crippen LogP contribution in [0.4, 0.5) is 0 Å². The van der Waals surface area contributed by atoms with Gasteiger partial charge in [0.2, 0.25) is 5.91 Å². The highest BCUT2D eigenvalue weighted by Gasteiger charge is 2.62. The van der Waals surface area contributed by atoms with E-state index in [1.54, 1.807) is 6.20 Å². The molecule has 2 rings (SSSR count). The molecule has 0 spiro atoms. The molecule has 7 heteroatoms. The second-order valence-corrected chi connectivity index (χ2v) is 6.88. The fourth-order valence-electron chi connectivity index (χ4n) is 3.04. The van der Waals surface area contributed by atoms with Gasteiger partial charge in [-0.2, -0.15) is 5.10 Å². The fourth-order valence-corrected chi connectivity index (χ4v) is 3.04. The van der Waals surface area contributed by atoms with Gasteiger partial charge in [-0.15, -0.1) is 12.4 Å². The summed E-state index contributed by atoms with van der Waals surface area (Å²) in [6, 6.07) is 1.89. The molecule has 3 unspecified atom stereocenters. The Kier molecular flexibility index (Phi) is 6.62. The molecule has 0 bridgehead atoms. The van der Waals surface area contributed by atoms with Gasteiger partial charge in [0.1, 0.15) is 5.54 Å². The van der Waals surface area contributed by atoms with Gasteiger partial charge in [-0.05, 0) is 18.9 Å². The number of nitrogens with one attached hydrogen (secondary N) is 1. The maximum Gasteiger partial charge on any atom is 0.240 e. The number of halogens is 1. The van der Waals surface area contributed by atoms with Crippen molar-refractivity contribution in [1.82, 2.24) is 15.1 Å². The number of amides is 1. The van der Waals surface area contributed by atoms with Crippen molar-refractivity contribution in [2.45, 2.75) is 52.3 Å². The monoisotopic (exact) mass is 344 g/mol. The highest BCUT2D eigenvalue weighted by molar-refractivity contribution is 5.88. The molecule has 0 aliphatic heterocycles. The Hall–Kier alpha value is -1.11. The largest absolute Gasteiger partial charge is 0.378 e. The number of aromatic nitrogens is 2. The third-order valence-electron chi connectivity index (χ3n) is 4.90. The number of hydrogen-bond donors (Lipinski definition) is 2. The lowest BCUT2D eigenvalue weighted by Gasteiger charge is -2.57. The second-order valence-electron chi connectivity index (χ2n) is 6.88. The minimum Gasteiger partial charge on any atom is -0.378 e. The topological polar surface area (TPSA) is 82.2 Å². The zero-order valence-corrected chi connectivity index (χ0v) is 15.2. The smallest absolute Gasteiger partial charge is 0.240 e. The van der Waals surface area contributed by atoms with Crippen molar-refractivity contribution in [1.29, 1.82) is 0 Å². The van der Waals surface area contributed by atoms with E-state index in [1.165, 1.54) is 0 Å². The van der Waals surface area contributed by atoms with Crippen molar-refractivity contribution in [3.05, 3.63) is 18.5 Å². The molecular weight excluding hydrogens is 316 g/mol. The summed E-state index contributed by atoms with van der Waals surface area (Å²) in [6.45, 7) is 10.1. The molecule has 1 aromatic rings. The molecular formula is C16H29ClN4O2. The van der Waals surface area contributed by atoms with Crippen LogP contribution in [0.15, 0.2) is 18.5 Å². The van der Waals surface area contributed by atoms with E-state index in [2.05, 4.69) is 17.3 Å². The molecule has 1 saturated carbocycles. The molecule has 1 aromatic heterocycles. The van der Waals surface area contributed by atoms with Crippen molar-refractivity contribution < 1.29 is 9.53 Å². The quantitative estimate of drug-likeness (QED) is 0.787. The number of nitrogens with two attached hydrogens (primary N) is 1. The Labute approximate surface area is 144 Å². The highest BCUT2D eigenvalue weighted by Crippen LogP contribution is 2.49. The Morgan fingerprint density at radius 1 is 1.57 bits per heavy atom. The molecule has 3 N–H and O–H groups in total. The standard InChI is InChI=1S/C16H28N4O2.ClH/c1-5-22-13-9-16(17,15(13,3)4)14(21)18-10-12(2)11-20-8-6-7-19-20;/h6-8,12-13H,5,9-11,17H2,1-4H3,(H,18,21);1H. The first kappa shape index (κ1) is 19.9. The summed E-state index contributed by atoms with van der Waals surface area (Å²) >= 11 is 0. The Balaban J connectivity index is 0.00000264. The van der Waals surface area contributed by atoms with E-state index in [1.807, 2.05) is 37.7 Å². The highest BCUT2D eigenvalue weighted by atomic mass is 35.5. The van der Waals surface area contributed by atoms with Crippen LogP contribution in [-0.4, -0.2) is 40.5 Å². The lowest BCUT2D eigenvalue weighted by molar-refractivity contribution is -0.170. The summed E-state index contributed by atoms with van der Waals surface area (Å²) in [5, 5.41) is 7.17. The second kappa shape index (κ2) is 7.64. The first-order valence-electron chi connectivity index (χ1n) is 7.97. The first-order chi connectivity index (χ1) is 10.3. The normalized spacial score (nSPS) is 26.7. The van der Waals surface area contributed by atoms with Crippen LogP contribution in [0.5, 0.6) is 0 Å². The number of carbonyl (C=O) groups excluding carboxylic acids is 1. The molecule has 6 nitrogen and oxygen atoms in total. The Morgan fingerprint density at radius 2 is 2.26 bits per heavy atom. The number of hydrogen-bond acceptors (Lipinski definition) is 4. The molecule has 1 heterocycles. The molecule has 1 fully saturated rings.